The van der Waals surface area contributed by atoms with Crippen LogP contribution in [0.2, 0.25) is 0 Å². The first-order valence-electron chi connectivity index (χ1n) is 5.47. The monoisotopic (exact) mass is 195 g/mol. The van der Waals surface area contributed by atoms with E-state index in [-0.39, 0.29) is 0 Å². The minimum absolute atomic E-state index is 0.358. The molecule has 0 saturated heterocycles. The number of fused-ring (bicyclic) bond motifs is 3. The summed E-state index contributed by atoms with van der Waals surface area (Å²) >= 11 is 0. The normalized spacial score (nSPS) is 26.8. The Morgan fingerprint density at radius 1 is 1.40 bits per heavy atom. The summed E-state index contributed by atoms with van der Waals surface area (Å²) in [5, 5.41) is 8.90. The van der Waals surface area contributed by atoms with Gasteiger partial charge in [-0.05, 0) is 53.5 Å². The van der Waals surface area contributed by atoms with Gasteiger partial charge in [0.25, 0.3) is 0 Å². The Hall–Kier alpha value is -1.55. The molecule has 0 bridgehead atoms. The van der Waals surface area contributed by atoms with Crippen LogP contribution in [0, 0.1) is 16.7 Å². The number of nitriles is 1. The van der Waals surface area contributed by atoms with E-state index in [9.17, 15) is 0 Å². The quantitative estimate of drug-likeness (QED) is 0.623. The first kappa shape index (κ1) is 8.73. The van der Waals surface area contributed by atoms with Crippen molar-refractivity contribution in [2.24, 2.45) is 5.41 Å². The predicted molar refractivity (Wildman–Crippen MR) is 60.2 cm³/mol. The molecule has 0 N–H and O–H groups in total. The summed E-state index contributed by atoms with van der Waals surface area (Å²) in [6, 6.07) is 8.33. The highest BCUT2D eigenvalue weighted by Crippen LogP contribution is 2.53. The average Bonchev–Trinajstić information content (AvgIpc) is 2.71. The van der Waals surface area contributed by atoms with Crippen LogP contribution in [0.5, 0.6) is 0 Å². The lowest BCUT2D eigenvalue weighted by molar-refractivity contribution is 0.448. The van der Waals surface area contributed by atoms with Gasteiger partial charge in [0.1, 0.15) is 0 Å². The van der Waals surface area contributed by atoms with Gasteiger partial charge in [0.15, 0.2) is 0 Å². The molecule has 0 aliphatic heterocycles. The molecule has 1 heteroatoms. The Balaban J connectivity index is 2.20. The lowest BCUT2D eigenvalue weighted by Crippen LogP contribution is -2.10. The standard InChI is InChI=1S/C14H13N/c1-14-6-2-3-13(14)12-7-10(9-15)4-5-11(12)8-14/h3-5,7H,2,6,8H2,1H3. The molecule has 0 fully saturated rings. The minimum Gasteiger partial charge on any atom is -0.192 e. The Morgan fingerprint density at radius 3 is 3.07 bits per heavy atom. The van der Waals surface area contributed by atoms with Crippen LogP contribution in [-0.2, 0) is 6.42 Å². The Labute approximate surface area is 90.0 Å². The van der Waals surface area contributed by atoms with E-state index < -0.39 is 0 Å². The Kier molecular flexibility index (Phi) is 1.59. The van der Waals surface area contributed by atoms with Crippen LogP contribution in [0.25, 0.3) is 5.57 Å². The number of allylic oxidation sites excluding steroid dienone is 2. The summed E-state index contributed by atoms with van der Waals surface area (Å²) < 4.78 is 0. The molecule has 15 heavy (non-hydrogen) atoms. The molecule has 2 aliphatic carbocycles. The molecule has 1 aromatic rings. The van der Waals surface area contributed by atoms with Crippen molar-refractivity contribution in [2.45, 2.75) is 26.2 Å². The molecule has 2 aliphatic rings. The molecule has 74 valence electrons. The van der Waals surface area contributed by atoms with Gasteiger partial charge in [-0.1, -0.05) is 19.1 Å². The van der Waals surface area contributed by atoms with Crippen LogP contribution in [0.1, 0.15) is 36.5 Å². The number of hydrogen-bond donors (Lipinski definition) is 0. The second-order valence-electron chi connectivity index (χ2n) is 4.88. The van der Waals surface area contributed by atoms with Crippen molar-refractivity contribution < 1.29 is 0 Å². The maximum Gasteiger partial charge on any atom is 0.0991 e. The third-order valence-electron chi connectivity index (χ3n) is 3.80. The second kappa shape index (κ2) is 2.73. The number of hydrogen-bond acceptors (Lipinski definition) is 1. The fraction of sp³-hybridized carbons (Fsp3) is 0.357. The molecular weight excluding hydrogens is 182 g/mol. The molecule has 3 rings (SSSR count). The van der Waals surface area contributed by atoms with Crippen molar-refractivity contribution in [3.8, 4) is 6.07 Å². The fourth-order valence-electron chi connectivity index (χ4n) is 3.01. The molecule has 1 unspecified atom stereocenters. The van der Waals surface area contributed by atoms with Gasteiger partial charge in [-0.3, -0.25) is 0 Å². The van der Waals surface area contributed by atoms with Crippen LogP contribution in [0.3, 0.4) is 0 Å². The van der Waals surface area contributed by atoms with E-state index in [1.54, 1.807) is 0 Å². The van der Waals surface area contributed by atoms with Crippen molar-refractivity contribution in [3.05, 3.63) is 41.0 Å². The zero-order valence-corrected chi connectivity index (χ0v) is 8.88. The SMILES string of the molecule is CC12CCC=C1c1cc(C#N)ccc1C2. The third-order valence-corrected chi connectivity index (χ3v) is 3.80. The summed E-state index contributed by atoms with van der Waals surface area (Å²) in [4.78, 5) is 0. The molecule has 0 amide bonds. The van der Waals surface area contributed by atoms with E-state index in [4.69, 9.17) is 5.26 Å². The summed E-state index contributed by atoms with van der Waals surface area (Å²) in [6.45, 7) is 2.35. The minimum atomic E-state index is 0.358. The number of rotatable bonds is 0. The van der Waals surface area contributed by atoms with E-state index in [0.29, 0.717) is 5.41 Å². The van der Waals surface area contributed by atoms with E-state index in [1.165, 1.54) is 29.5 Å². The number of nitrogens with zero attached hydrogens (tertiary/aromatic N) is 1. The van der Waals surface area contributed by atoms with Crippen molar-refractivity contribution in [1.29, 1.82) is 5.26 Å². The molecule has 1 nitrogen and oxygen atoms in total. The van der Waals surface area contributed by atoms with E-state index in [1.807, 2.05) is 6.07 Å². The van der Waals surface area contributed by atoms with Crippen molar-refractivity contribution in [1.82, 2.24) is 0 Å². The zero-order valence-electron chi connectivity index (χ0n) is 8.88. The van der Waals surface area contributed by atoms with Crippen molar-refractivity contribution >= 4 is 5.57 Å². The smallest absolute Gasteiger partial charge is 0.0991 e. The highest BCUT2D eigenvalue weighted by molar-refractivity contribution is 5.79. The van der Waals surface area contributed by atoms with Gasteiger partial charge in [-0.15, -0.1) is 0 Å². The zero-order chi connectivity index (χ0) is 10.5. The fourth-order valence-corrected chi connectivity index (χ4v) is 3.01. The Bertz CT molecular complexity index is 505. The van der Waals surface area contributed by atoms with Crippen molar-refractivity contribution in [3.63, 3.8) is 0 Å². The molecule has 0 saturated carbocycles. The first-order valence-corrected chi connectivity index (χ1v) is 5.47. The maximum absolute atomic E-state index is 8.90. The van der Waals surface area contributed by atoms with Gasteiger partial charge in [-0.25, -0.2) is 0 Å². The average molecular weight is 195 g/mol. The highest BCUT2D eigenvalue weighted by atomic mass is 14.4. The molecule has 0 spiro atoms. The first-order chi connectivity index (χ1) is 7.23. The molecular formula is C14H13N. The topological polar surface area (TPSA) is 23.8 Å². The van der Waals surface area contributed by atoms with Gasteiger partial charge in [0, 0.05) is 0 Å². The number of benzene rings is 1. The largest absolute Gasteiger partial charge is 0.192 e. The van der Waals surface area contributed by atoms with Crippen molar-refractivity contribution in [2.75, 3.05) is 0 Å². The van der Waals surface area contributed by atoms with Crippen LogP contribution in [0.4, 0.5) is 0 Å². The summed E-state index contributed by atoms with van der Waals surface area (Å²) in [5.74, 6) is 0. The van der Waals surface area contributed by atoms with E-state index >= 15 is 0 Å². The van der Waals surface area contributed by atoms with Gasteiger partial charge in [-0.2, -0.15) is 5.26 Å². The lowest BCUT2D eigenvalue weighted by Gasteiger charge is -2.19. The molecule has 1 aromatic carbocycles. The summed E-state index contributed by atoms with van der Waals surface area (Å²) in [5.41, 5.74) is 5.37. The van der Waals surface area contributed by atoms with E-state index in [0.717, 1.165) is 12.0 Å². The van der Waals surface area contributed by atoms with Gasteiger partial charge in [0.05, 0.1) is 11.6 Å². The Morgan fingerprint density at radius 2 is 2.27 bits per heavy atom. The van der Waals surface area contributed by atoms with Crippen LogP contribution >= 0.6 is 0 Å². The van der Waals surface area contributed by atoms with Gasteiger partial charge < -0.3 is 0 Å². The molecule has 0 radical (unpaired) electrons. The van der Waals surface area contributed by atoms with E-state index in [2.05, 4.69) is 31.2 Å². The third kappa shape index (κ3) is 1.08. The molecule has 0 heterocycles. The van der Waals surface area contributed by atoms with Gasteiger partial charge >= 0.3 is 0 Å². The van der Waals surface area contributed by atoms with Crippen LogP contribution in [0.15, 0.2) is 24.3 Å². The second-order valence-corrected chi connectivity index (χ2v) is 4.88. The summed E-state index contributed by atoms with van der Waals surface area (Å²) in [7, 11) is 0. The van der Waals surface area contributed by atoms with Crippen LogP contribution < -0.4 is 0 Å². The summed E-state index contributed by atoms with van der Waals surface area (Å²) in [6.07, 6.45) is 5.97. The highest BCUT2D eigenvalue weighted by Gasteiger charge is 2.39. The van der Waals surface area contributed by atoms with Crippen LogP contribution in [-0.4, -0.2) is 0 Å². The molecule has 0 aromatic heterocycles. The maximum atomic E-state index is 8.90. The lowest BCUT2D eigenvalue weighted by atomic mass is 9.84. The molecule has 1 atom stereocenters. The predicted octanol–water partition coefficient (Wildman–Crippen LogP) is 3.30. The van der Waals surface area contributed by atoms with Gasteiger partial charge in [0.2, 0.25) is 0 Å².